The summed E-state index contributed by atoms with van der Waals surface area (Å²) >= 11 is 0. The van der Waals surface area contributed by atoms with Crippen LogP contribution in [0.3, 0.4) is 0 Å². The molecule has 0 spiro atoms. The van der Waals surface area contributed by atoms with E-state index in [2.05, 4.69) is 57.3 Å². The Balaban J connectivity index is 2.07. The number of hydrogen-bond donors (Lipinski definition) is 1. The van der Waals surface area contributed by atoms with Crippen molar-refractivity contribution >= 4 is 0 Å². The molecule has 1 saturated carbocycles. The highest BCUT2D eigenvalue weighted by atomic mass is 14.9. The van der Waals surface area contributed by atoms with Crippen LogP contribution in [0, 0.1) is 5.92 Å². The van der Waals surface area contributed by atoms with Crippen molar-refractivity contribution in [1.29, 1.82) is 0 Å². The van der Waals surface area contributed by atoms with E-state index in [-0.39, 0.29) is 0 Å². The topological polar surface area (TPSA) is 12.0 Å². The molecule has 2 atom stereocenters. The van der Waals surface area contributed by atoms with E-state index >= 15 is 0 Å². The van der Waals surface area contributed by atoms with Gasteiger partial charge in [-0.2, -0.15) is 0 Å². The Kier molecular flexibility index (Phi) is 5.26. The minimum Gasteiger partial charge on any atom is -0.314 e. The minimum atomic E-state index is 0.373. The van der Waals surface area contributed by atoms with Gasteiger partial charge in [-0.1, -0.05) is 52.0 Å². The van der Waals surface area contributed by atoms with E-state index in [1.807, 2.05) is 0 Å². The zero-order valence-electron chi connectivity index (χ0n) is 13.7. The van der Waals surface area contributed by atoms with E-state index in [0.717, 1.165) is 12.5 Å². The molecule has 0 aliphatic heterocycles. The van der Waals surface area contributed by atoms with Crippen molar-refractivity contribution in [2.45, 2.75) is 71.3 Å². The van der Waals surface area contributed by atoms with Crippen LogP contribution in [-0.4, -0.2) is 12.6 Å². The number of benzene rings is 1. The average Bonchev–Trinajstić information content (AvgIpc) is 2.79. The van der Waals surface area contributed by atoms with Gasteiger partial charge in [0.15, 0.2) is 0 Å². The van der Waals surface area contributed by atoms with Crippen LogP contribution in [0.2, 0.25) is 0 Å². The van der Waals surface area contributed by atoms with Crippen LogP contribution in [0.4, 0.5) is 0 Å². The smallest absolute Gasteiger partial charge is 0.00757 e. The van der Waals surface area contributed by atoms with E-state index in [4.69, 9.17) is 0 Å². The molecule has 1 aromatic rings. The summed E-state index contributed by atoms with van der Waals surface area (Å²) in [5, 5.41) is 3.70. The maximum Gasteiger partial charge on any atom is 0.00757 e. The third-order valence-electron chi connectivity index (χ3n) is 4.69. The normalized spacial score (nSPS) is 26.4. The lowest BCUT2D eigenvalue weighted by atomic mass is 9.80. The maximum atomic E-state index is 3.70. The summed E-state index contributed by atoms with van der Waals surface area (Å²) in [4.78, 5) is 0. The molecule has 112 valence electrons. The second-order valence-corrected chi connectivity index (χ2v) is 7.25. The maximum absolute atomic E-state index is 3.70. The van der Waals surface area contributed by atoms with Crippen molar-refractivity contribution in [3.63, 3.8) is 0 Å². The van der Waals surface area contributed by atoms with Crippen molar-refractivity contribution in [3.05, 3.63) is 35.4 Å². The van der Waals surface area contributed by atoms with Crippen molar-refractivity contribution in [2.24, 2.45) is 5.92 Å². The fraction of sp³-hybridized carbons (Fsp3) is 0.684. The lowest BCUT2D eigenvalue weighted by Crippen LogP contribution is -2.29. The Morgan fingerprint density at radius 1 is 1.35 bits per heavy atom. The molecule has 0 bridgehead atoms. The number of rotatable bonds is 6. The van der Waals surface area contributed by atoms with Gasteiger partial charge >= 0.3 is 0 Å². The first-order valence-corrected chi connectivity index (χ1v) is 8.36. The highest BCUT2D eigenvalue weighted by Crippen LogP contribution is 2.41. The van der Waals surface area contributed by atoms with Crippen LogP contribution in [-0.2, 0) is 11.8 Å². The highest BCUT2D eigenvalue weighted by Gasteiger charge is 2.36. The van der Waals surface area contributed by atoms with Crippen molar-refractivity contribution in [1.82, 2.24) is 5.32 Å². The predicted molar refractivity (Wildman–Crippen MR) is 88.3 cm³/mol. The van der Waals surface area contributed by atoms with Gasteiger partial charge in [-0.05, 0) is 61.1 Å². The molecule has 0 saturated heterocycles. The molecule has 2 unspecified atom stereocenters. The number of hydrogen-bond acceptors (Lipinski definition) is 1. The van der Waals surface area contributed by atoms with Gasteiger partial charge in [0.05, 0.1) is 0 Å². The van der Waals surface area contributed by atoms with Gasteiger partial charge in [-0.15, -0.1) is 0 Å². The second kappa shape index (κ2) is 6.76. The SMILES string of the molecule is CCCNC1CCC(C)(c2cccc(CC(C)C)c2)C1. The largest absolute Gasteiger partial charge is 0.314 e. The van der Waals surface area contributed by atoms with Gasteiger partial charge in [-0.25, -0.2) is 0 Å². The Bertz CT molecular complexity index is 424. The first kappa shape index (κ1) is 15.6. The van der Waals surface area contributed by atoms with E-state index in [9.17, 15) is 0 Å². The zero-order chi connectivity index (χ0) is 14.6. The molecule has 20 heavy (non-hydrogen) atoms. The molecule has 1 aliphatic rings. The van der Waals surface area contributed by atoms with E-state index in [1.54, 1.807) is 5.56 Å². The molecule has 1 aliphatic carbocycles. The summed E-state index contributed by atoms with van der Waals surface area (Å²) in [5.74, 6) is 0.737. The van der Waals surface area contributed by atoms with Gasteiger partial charge in [0.1, 0.15) is 0 Å². The highest BCUT2D eigenvalue weighted by molar-refractivity contribution is 5.31. The van der Waals surface area contributed by atoms with Crippen LogP contribution in [0.25, 0.3) is 0 Å². The fourth-order valence-corrected chi connectivity index (χ4v) is 3.57. The van der Waals surface area contributed by atoms with Crippen molar-refractivity contribution in [3.8, 4) is 0 Å². The van der Waals surface area contributed by atoms with Gasteiger partial charge in [-0.3, -0.25) is 0 Å². The van der Waals surface area contributed by atoms with Crippen molar-refractivity contribution in [2.75, 3.05) is 6.54 Å². The van der Waals surface area contributed by atoms with E-state index in [1.165, 1.54) is 37.7 Å². The summed E-state index contributed by atoms with van der Waals surface area (Å²) < 4.78 is 0. The minimum absolute atomic E-state index is 0.373. The van der Waals surface area contributed by atoms with E-state index in [0.29, 0.717) is 11.5 Å². The van der Waals surface area contributed by atoms with Crippen LogP contribution in [0.15, 0.2) is 24.3 Å². The lowest BCUT2D eigenvalue weighted by Gasteiger charge is -2.26. The molecular weight excluding hydrogens is 242 g/mol. The van der Waals surface area contributed by atoms with Crippen LogP contribution >= 0.6 is 0 Å². The first-order valence-electron chi connectivity index (χ1n) is 8.36. The molecule has 0 heterocycles. The molecule has 2 rings (SSSR count). The van der Waals surface area contributed by atoms with Crippen LogP contribution in [0.5, 0.6) is 0 Å². The van der Waals surface area contributed by atoms with E-state index < -0.39 is 0 Å². The Hall–Kier alpha value is -0.820. The molecule has 0 radical (unpaired) electrons. The summed E-state index contributed by atoms with van der Waals surface area (Å²) in [6.45, 7) is 10.5. The summed E-state index contributed by atoms with van der Waals surface area (Å²) in [5.41, 5.74) is 3.43. The molecule has 0 amide bonds. The number of nitrogens with one attached hydrogen (secondary N) is 1. The van der Waals surface area contributed by atoms with Crippen molar-refractivity contribution < 1.29 is 0 Å². The first-order chi connectivity index (χ1) is 9.53. The fourth-order valence-electron chi connectivity index (χ4n) is 3.57. The third kappa shape index (κ3) is 3.85. The molecule has 0 aromatic heterocycles. The van der Waals surface area contributed by atoms with Gasteiger partial charge in [0.2, 0.25) is 0 Å². The predicted octanol–water partition coefficient (Wildman–Crippen LogP) is 4.69. The molecular formula is C19H31N. The zero-order valence-corrected chi connectivity index (χ0v) is 13.7. The Labute approximate surface area is 125 Å². The van der Waals surface area contributed by atoms with Gasteiger partial charge < -0.3 is 5.32 Å². The van der Waals surface area contributed by atoms with Crippen LogP contribution < -0.4 is 5.32 Å². The standard InChI is InChI=1S/C19H31N/c1-5-11-20-18-9-10-19(4,14-18)17-8-6-7-16(13-17)12-15(2)3/h6-8,13,15,18,20H,5,9-12,14H2,1-4H3. The molecule has 1 N–H and O–H groups in total. The van der Waals surface area contributed by atoms with Crippen LogP contribution in [0.1, 0.15) is 64.5 Å². The van der Waals surface area contributed by atoms with Gasteiger partial charge in [0.25, 0.3) is 0 Å². The molecule has 1 heteroatoms. The molecule has 1 nitrogen and oxygen atoms in total. The molecule has 1 aromatic carbocycles. The third-order valence-corrected chi connectivity index (χ3v) is 4.69. The quantitative estimate of drug-likeness (QED) is 0.792. The summed E-state index contributed by atoms with van der Waals surface area (Å²) in [6.07, 6.45) is 6.36. The molecule has 1 fully saturated rings. The second-order valence-electron chi connectivity index (χ2n) is 7.25. The average molecular weight is 273 g/mol. The monoisotopic (exact) mass is 273 g/mol. The van der Waals surface area contributed by atoms with Gasteiger partial charge in [0, 0.05) is 6.04 Å². The Morgan fingerprint density at radius 2 is 2.15 bits per heavy atom. The summed E-state index contributed by atoms with van der Waals surface area (Å²) in [6, 6.07) is 10.1. The summed E-state index contributed by atoms with van der Waals surface area (Å²) in [7, 11) is 0. The Morgan fingerprint density at radius 3 is 2.85 bits per heavy atom. The lowest BCUT2D eigenvalue weighted by molar-refractivity contribution is 0.452.